The lowest BCUT2D eigenvalue weighted by molar-refractivity contribution is 0.442. The van der Waals surface area contributed by atoms with Crippen LogP contribution in [0.3, 0.4) is 0 Å². The summed E-state index contributed by atoms with van der Waals surface area (Å²) in [6.07, 6.45) is 8.72. The molecule has 3 N–H and O–H groups in total. The molecular formula is C49H36N4. The van der Waals surface area contributed by atoms with E-state index in [9.17, 15) is 0 Å². The number of hydrogen-bond acceptors (Lipinski definition) is 3. The fourth-order valence-electron chi connectivity index (χ4n) is 8.75. The van der Waals surface area contributed by atoms with Crippen molar-refractivity contribution in [3.8, 4) is 27.9 Å². The maximum atomic E-state index is 3.89. The van der Waals surface area contributed by atoms with Gasteiger partial charge in [0.1, 0.15) is 6.17 Å². The van der Waals surface area contributed by atoms with E-state index in [2.05, 4.69) is 197 Å². The van der Waals surface area contributed by atoms with Crippen molar-refractivity contribution in [2.45, 2.75) is 12.2 Å². The zero-order valence-electron chi connectivity index (χ0n) is 29.1. The number of dihydropyridines is 1. The van der Waals surface area contributed by atoms with Crippen molar-refractivity contribution in [3.63, 3.8) is 0 Å². The summed E-state index contributed by atoms with van der Waals surface area (Å²) in [5, 5.41) is 16.2. The van der Waals surface area contributed by atoms with Crippen LogP contribution in [0, 0.1) is 0 Å². The monoisotopic (exact) mass is 680 g/mol. The van der Waals surface area contributed by atoms with Gasteiger partial charge in [-0.25, -0.2) is 0 Å². The number of para-hydroxylation sites is 1. The Morgan fingerprint density at radius 1 is 0.566 bits per heavy atom. The topological polar surface area (TPSA) is 41.0 Å². The highest BCUT2D eigenvalue weighted by molar-refractivity contribution is 6.27. The lowest BCUT2D eigenvalue weighted by atomic mass is 9.97. The fourth-order valence-corrected chi connectivity index (χ4v) is 8.75. The Balaban J connectivity index is 1.02. The molecule has 4 heteroatoms. The summed E-state index contributed by atoms with van der Waals surface area (Å²) in [6.45, 7) is 0.876. The number of hydrogen-bond donors (Lipinski definition) is 3. The normalized spacial score (nSPS) is 17.4. The van der Waals surface area contributed by atoms with Crippen molar-refractivity contribution < 1.29 is 0 Å². The second-order valence-electron chi connectivity index (χ2n) is 14.2. The second-order valence-corrected chi connectivity index (χ2v) is 14.2. The van der Waals surface area contributed by atoms with Crippen LogP contribution < -0.4 is 16.0 Å². The minimum Gasteiger partial charge on any atom is -0.387 e. The molecular weight excluding hydrogens is 645 g/mol. The van der Waals surface area contributed by atoms with Crippen molar-refractivity contribution in [1.82, 2.24) is 20.5 Å². The van der Waals surface area contributed by atoms with Crippen molar-refractivity contribution >= 4 is 43.8 Å². The van der Waals surface area contributed by atoms with Crippen LogP contribution in [-0.4, -0.2) is 11.1 Å². The van der Waals surface area contributed by atoms with Crippen LogP contribution in [0.15, 0.2) is 176 Å². The Hall–Kier alpha value is -6.62. The van der Waals surface area contributed by atoms with Gasteiger partial charge in [-0.3, -0.25) is 5.32 Å². The SMILES string of the molecule is C1=CC(c2ccc(C3=CC(c4ccc(-n5c6ccccc6c6cc7c8c(cccc8c65)-c5ccccc5-7)cc4)NC(c4ccccc4)N3)cc2)=CNC1. The fraction of sp³-hybridized carbons (Fsp3) is 0.0612. The van der Waals surface area contributed by atoms with E-state index >= 15 is 0 Å². The van der Waals surface area contributed by atoms with Gasteiger partial charge in [0.25, 0.3) is 0 Å². The molecule has 8 aromatic rings. The Labute approximate surface area is 308 Å². The predicted octanol–water partition coefficient (Wildman–Crippen LogP) is 11.1. The average Bonchev–Trinajstić information content (AvgIpc) is 3.75. The summed E-state index contributed by atoms with van der Waals surface area (Å²) in [4.78, 5) is 0. The molecule has 2 aliphatic heterocycles. The van der Waals surface area contributed by atoms with E-state index in [1.807, 2.05) is 0 Å². The molecule has 0 saturated carbocycles. The van der Waals surface area contributed by atoms with Crippen LogP contribution in [0.1, 0.15) is 34.5 Å². The molecule has 0 spiro atoms. The van der Waals surface area contributed by atoms with Gasteiger partial charge >= 0.3 is 0 Å². The van der Waals surface area contributed by atoms with Gasteiger partial charge in [-0.1, -0.05) is 140 Å². The quantitative estimate of drug-likeness (QED) is 0.169. The largest absolute Gasteiger partial charge is 0.387 e. The first-order valence-electron chi connectivity index (χ1n) is 18.5. The Kier molecular flexibility index (Phi) is 6.79. The van der Waals surface area contributed by atoms with E-state index in [1.54, 1.807) is 0 Å². The number of nitrogens with zero attached hydrogens (tertiary/aromatic N) is 1. The van der Waals surface area contributed by atoms with E-state index in [-0.39, 0.29) is 12.2 Å². The minimum absolute atomic E-state index is 0.00933. The molecule has 11 rings (SSSR count). The van der Waals surface area contributed by atoms with Crippen LogP contribution in [0.5, 0.6) is 0 Å². The van der Waals surface area contributed by atoms with Gasteiger partial charge in [0, 0.05) is 40.3 Å². The van der Waals surface area contributed by atoms with Gasteiger partial charge < -0.3 is 15.2 Å². The summed E-state index contributed by atoms with van der Waals surface area (Å²) in [6, 6.07) is 55.6. The molecule has 3 heterocycles. The van der Waals surface area contributed by atoms with E-state index in [0.717, 1.165) is 17.9 Å². The molecule has 1 aromatic heterocycles. The summed E-state index contributed by atoms with van der Waals surface area (Å²) in [7, 11) is 0. The molecule has 2 unspecified atom stereocenters. The van der Waals surface area contributed by atoms with Gasteiger partial charge in [0.05, 0.1) is 17.1 Å². The molecule has 7 aromatic carbocycles. The van der Waals surface area contributed by atoms with Crippen molar-refractivity contribution in [1.29, 1.82) is 0 Å². The molecule has 0 bridgehead atoms. The Morgan fingerprint density at radius 2 is 1.28 bits per heavy atom. The maximum absolute atomic E-state index is 3.89. The number of fused-ring (bicyclic) bond motifs is 7. The number of benzene rings is 7. The van der Waals surface area contributed by atoms with Crippen molar-refractivity contribution in [3.05, 3.63) is 198 Å². The molecule has 0 amide bonds. The molecule has 4 nitrogen and oxygen atoms in total. The highest BCUT2D eigenvalue weighted by atomic mass is 15.2. The first-order valence-corrected chi connectivity index (χ1v) is 18.5. The third-order valence-electron chi connectivity index (χ3n) is 11.2. The minimum atomic E-state index is -0.0422. The van der Waals surface area contributed by atoms with Crippen LogP contribution in [0.25, 0.3) is 71.8 Å². The number of allylic oxidation sites excluding steroid dienone is 2. The van der Waals surface area contributed by atoms with Gasteiger partial charge in [-0.2, -0.15) is 0 Å². The first kappa shape index (κ1) is 30.0. The van der Waals surface area contributed by atoms with E-state index in [1.165, 1.54) is 82.7 Å². The van der Waals surface area contributed by atoms with Gasteiger partial charge in [0.2, 0.25) is 0 Å². The number of nitrogens with one attached hydrogen (secondary N) is 3. The van der Waals surface area contributed by atoms with E-state index in [4.69, 9.17) is 0 Å². The maximum Gasteiger partial charge on any atom is 0.104 e. The van der Waals surface area contributed by atoms with Crippen LogP contribution in [0.2, 0.25) is 0 Å². The molecule has 2 atom stereocenters. The summed E-state index contributed by atoms with van der Waals surface area (Å²) < 4.78 is 2.47. The smallest absolute Gasteiger partial charge is 0.104 e. The molecule has 0 fully saturated rings. The number of aromatic nitrogens is 1. The molecule has 0 saturated heterocycles. The van der Waals surface area contributed by atoms with E-state index < -0.39 is 0 Å². The lowest BCUT2D eigenvalue weighted by Crippen LogP contribution is -2.39. The van der Waals surface area contributed by atoms with Crippen molar-refractivity contribution in [2.75, 3.05) is 6.54 Å². The Bertz CT molecular complexity index is 2820. The highest BCUT2D eigenvalue weighted by Gasteiger charge is 2.27. The zero-order chi connectivity index (χ0) is 34.9. The molecule has 252 valence electrons. The number of rotatable bonds is 5. The van der Waals surface area contributed by atoms with Gasteiger partial charge in [-0.05, 0) is 85.8 Å². The Morgan fingerprint density at radius 3 is 2.09 bits per heavy atom. The van der Waals surface area contributed by atoms with Crippen LogP contribution >= 0.6 is 0 Å². The third-order valence-corrected chi connectivity index (χ3v) is 11.2. The molecule has 3 aliphatic rings. The van der Waals surface area contributed by atoms with Crippen LogP contribution in [-0.2, 0) is 0 Å². The molecule has 1 aliphatic carbocycles. The molecule has 0 radical (unpaired) electrons. The first-order chi connectivity index (χ1) is 26.3. The van der Waals surface area contributed by atoms with Crippen molar-refractivity contribution in [2.24, 2.45) is 0 Å². The van der Waals surface area contributed by atoms with Crippen LogP contribution in [0.4, 0.5) is 0 Å². The third kappa shape index (κ3) is 4.80. The highest BCUT2D eigenvalue weighted by Crippen LogP contribution is 2.51. The van der Waals surface area contributed by atoms with Gasteiger partial charge in [0.15, 0.2) is 0 Å². The van der Waals surface area contributed by atoms with Gasteiger partial charge in [-0.15, -0.1) is 0 Å². The second kappa shape index (κ2) is 12.0. The van der Waals surface area contributed by atoms with E-state index in [0.29, 0.717) is 0 Å². The predicted molar refractivity (Wildman–Crippen MR) is 220 cm³/mol. The summed E-state index contributed by atoms with van der Waals surface area (Å²) in [5.41, 5.74) is 16.1. The summed E-state index contributed by atoms with van der Waals surface area (Å²) >= 11 is 0. The average molecular weight is 681 g/mol. The standard InChI is InChI=1S/C49H36N4/c1-2-10-34(11-3-1)49-51-44(32-21-19-31(20-22-32)35-12-9-27-50-30-35)29-45(52-49)33-23-25-36(26-24-33)53-46-18-7-6-15-39(46)43-28-42-38-14-5-4-13-37(38)40-16-8-17-41(47(40)42)48(43)53/h1-26,28-30,45,49-52H,27H2. The zero-order valence-corrected chi connectivity index (χ0v) is 29.1. The molecule has 53 heavy (non-hydrogen) atoms. The summed E-state index contributed by atoms with van der Waals surface area (Å²) in [5.74, 6) is 0. The lowest BCUT2D eigenvalue weighted by Gasteiger charge is -2.33.